The predicted octanol–water partition coefficient (Wildman–Crippen LogP) is 1.55. The molecule has 0 amide bonds. The molecule has 0 radical (unpaired) electrons. The third-order valence-electron chi connectivity index (χ3n) is 1.40. The smallest absolute Gasteiger partial charge is 0.247 e. The first-order valence-corrected chi connectivity index (χ1v) is 4.28. The van der Waals surface area contributed by atoms with E-state index in [0.717, 1.165) is 0 Å². The van der Waals surface area contributed by atoms with Crippen LogP contribution in [0.5, 0.6) is 0 Å². The molecular formula is C11H12N2O. The summed E-state index contributed by atoms with van der Waals surface area (Å²) in [6, 6.07) is 4.93. The van der Waals surface area contributed by atoms with Crippen LogP contribution in [-0.2, 0) is 0 Å². The van der Waals surface area contributed by atoms with Gasteiger partial charge in [0, 0.05) is 24.7 Å². The van der Waals surface area contributed by atoms with Gasteiger partial charge in [-0.2, -0.15) is 0 Å². The zero-order valence-corrected chi connectivity index (χ0v) is 7.68. The molecule has 1 aromatic rings. The predicted molar refractivity (Wildman–Crippen MR) is 57.6 cm³/mol. The zero-order valence-electron chi connectivity index (χ0n) is 7.68. The van der Waals surface area contributed by atoms with Crippen LogP contribution in [0, 0.1) is 0 Å². The molecule has 14 heavy (non-hydrogen) atoms. The van der Waals surface area contributed by atoms with Crippen LogP contribution in [0.15, 0.2) is 65.9 Å². The number of rotatable bonds is 0. The Morgan fingerprint density at radius 2 is 1.64 bits per heavy atom. The topological polar surface area (TPSA) is 44.9 Å². The van der Waals surface area contributed by atoms with E-state index in [4.69, 9.17) is 0 Å². The monoisotopic (exact) mass is 188 g/mol. The van der Waals surface area contributed by atoms with Crippen molar-refractivity contribution < 1.29 is 0 Å². The maximum atomic E-state index is 10.2. The maximum Gasteiger partial charge on any atom is 0.247 e. The second-order valence-electron chi connectivity index (χ2n) is 2.50. The summed E-state index contributed by atoms with van der Waals surface area (Å²) in [7, 11) is 0. The summed E-state index contributed by atoms with van der Waals surface area (Å²) in [6.45, 7) is 0. The van der Waals surface area contributed by atoms with Gasteiger partial charge in [-0.05, 0) is 18.2 Å². The van der Waals surface area contributed by atoms with E-state index in [1.165, 1.54) is 6.07 Å². The Bertz CT molecular complexity index is 357. The number of H-pyrrole nitrogens is 1. The molecule has 0 bridgehead atoms. The Balaban J connectivity index is 0.000000140. The number of allylic oxidation sites excluding steroid dienone is 4. The summed E-state index contributed by atoms with van der Waals surface area (Å²) in [5.74, 6) is 0. The third kappa shape index (κ3) is 4.77. The highest BCUT2D eigenvalue weighted by molar-refractivity contribution is 5.14. The largest absolute Gasteiger partial charge is 0.368 e. The molecule has 0 unspecified atom stereocenters. The summed E-state index contributed by atoms with van der Waals surface area (Å²) in [5.41, 5.74) is -0.0532. The number of nitrogens with one attached hydrogen (secondary N) is 2. The lowest BCUT2D eigenvalue weighted by molar-refractivity contribution is 1.20. The molecule has 2 N–H and O–H groups in total. The van der Waals surface area contributed by atoms with Gasteiger partial charge in [0.15, 0.2) is 0 Å². The van der Waals surface area contributed by atoms with Gasteiger partial charge in [-0.25, -0.2) is 0 Å². The van der Waals surface area contributed by atoms with Gasteiger partial charge in [0.2, 0.25) is 5.56 Å². The first-order valence-electron chi connectivity index (χ1n) is 4.28. The minimum absolute atomic E-state index is 0.0532. The molecule has 3 heteroatoms. The van der Waals surface area contributed by atoms with Crippen molar-refractivity contribution in [1.29, 1.82) is 0 Å². The van der Waals surface area contributed by atoms with Crippen molar-refractivity contribution in [3.05, 3.63) is 71.5 Å². The second-order valence-corrected chi connectivity index (χ2v) is 2.50. The first kappa shape index (κ1) is 10.1. The van der Waals surface area contributed by atoms with E-state index in [2.05, 4.69) is 10.3 Å². The molecule has 0 aliphatic carbocycles. The molecule has 72 valence electrons. The Hall–Kier alpha value is -2.03. The fraction of sp³-hybridized carbons (Fsp3) is 0. The van der Waals surface area contributed by atoms with E-state index in [-0.39, 0.29) is 5.56 Å². The van der Waals surface area contributed by atoms with Crippen LogP contribution in [0.25, 0.3) is 0 Å². The third-order valence-corrected chi connectivity index (χ3v) is 1.40. The normalized spacial score (nSPS) is 12.3. The van der Waals surface area contributed by atoms with Gasteiger partial charge < -0.3 is 10.3 Å². The number of aromatic amines is 1. The molecule has 0 saturated carbocycles. The molecule has 1 aliphatic heterocycles. The minimum atomic E-state index is -0.0532. The van der Waals surface area contributed by atoms with Gasteiger partial charge in [0.25, 0.3) is 0 Å². The van der Waals surface area contributed by atoms with E-state index in [0.29, 0.717) is 0 Å². The van der Waals surface area contributed by atoms with Crippen molar-refractivity contribution in [2.24, 2.45) is 0 Å². The highest BCUT2D eigenvalue weighted by Gasteiger charge is 1.69. The molecular weight excluding hydrogens is 176 g/mol. The average Bonchev–Trinajstić information content (AvgIpc) is 2.51. The van der Waals surface area contributed by atoms with Crippen LogP contribution in [0.4, 0.5) is 0 Å². The summed E-state index contributed by atoms with van der Waals surface area (Å²) >= 11 is 0. The van der Waals surface area contributed by atoms with E-state index in [1.807, 2.05) is 36.7 Å². The molecule has 0 aromatic carbocycles. The molecule has 1 aliphatic rings. The van der Waals surface area contributed by atoms with Gasteiger partial charge in [-0.15, -0.1) is 0 Å². The minimum Gasteiger partial charge on any atom is -0.368 e. The number of aromatic nitrogens is 1. The highest BCUT2D eigenvalue weighted by atomic mass is 16.1. The van der Waals surface area contributed by atoms with Gasteiger partial charge in [0.05, 0.1) is 0 Å². The van der Waals surface area contributed by atoms with Crippen molar-refractivity contribution >= 4 is 0 Å². The number of pyridine rings is 1. The highest BCUT2D eigenvalue weighted by Crippen LogP contribution is 1.81. The summed E-state index contributed by atoms with van der Waals surface area (Å²) in [5, 5.41) is 2.92. The van der Waals surface area contributed by atoms with Crippen LogP contribution in [0.2, 0.25) is 0 Å². The zero-order chi connectivity index (χ0) is 10.1. The summed E-state index contributed by atoms with van der Waals surface area (Å²) < 4.78 is 0. The Kier molecular flexibility index (Phi) is 4.65. The van der Waals surface area contributed by atoms with Crippen LogP contribution in [-0.4, -0.2) is 4.98 Å². The maximum absolute atomic E-state index is 10.2. The molecule has 2 rings (SSSR count). The lowest BCUT2D eigenvalue weighted by atomic mass is 10.5. The molecule has 0 saturated heterocycles. The van der Waals surface area contributed by atoms with Crippen molar-refractivity contribution in [3.8, 4) is 0 Å². The summed E-state index contributed by atoms with van der Waals surface area (Å²) in [6.07, 6.45) is 13.2. The number of hydrogen-bond donors (Lipinski definition) is 2. The van der Waals surface area contributed by atoms with Crippen LogP contribution >= 0.6 is 0 Å². The average molecular weight is 188 g/mol. The lowest BCUT2D eigenvalue weighted by Crippen LogP contribution is -1.98. The standard InChI is InChI=1S/C6H7N.C5H5NO/c1-2-4-6-7-5-3-1;7-5-3-1-2-4-6-5/h1-7H;1-4H,(H,6,7). The van der Waals surface area contributed by atoms with E-state index in [9.17, 15) is 4.79 Å². The molecule has 2 heterocycles. The fourth-order valence-corrected chi connectivity index (χ4v) is 0.783. The lowest BCUT2D eigenvalue weighted by Gasteiger charge is -1.79. The van der Waals surface area contributed by atoms with Crippen LogP contribution < -0.4 is 10.9 Å². The summed E-state index contributed by atoms with van der Waals surface area (Å²) in [4.78, 5) is 12.7. The fourth-order valence-electron chi connectivity index (χ4n) is 0.783. The van der Waals surface area contributed by atoms with Crippen molar-refractivity contribution in [3.63, 3.8) is 0 Å². The SMILES string of the molecule is C1=CC=CNC=C1.O=c1cccc[nH]1. The van der Waals surface area contributed by atoms with Crippen LogP contribution in [0.3, 0.4) is 0 Å². The van der Waals surface area contributed by atoms with Gasteiger partial charge in [-0.3, -0.25) is 4.79 Å². The van der Waals surface area contributed by atoms with Crippen LogP contribution in [0.1, 0.15) is 0 Å². The van der Waals surface area contributed by atoms with E-state index < -0.39 is 0 Å². The van der Waals surface area contributed by atoms with Gasteiger partial charge in [0.1, 0.15) is 0 Å². The quantitative estimate of drug-likeness (QED) is 0.648. The molecule has 0 atom stereocenters. The van der Waals surface area contributed by atoms with Gasteiger partial charge >= 0.3 is 0 Å². The number of hydrogen-bond acceptors (Lipinski definition) is 2. The Morgan fingerprint density at radius 3 is 2.07 bits per heavy atom. The van der Waals surface area contributed by atoms with E-state index >= 15 is 0 Å². The second kappa shape index (κ2) is 6.48. The van der Waals surface area contributed by atoms with Crippen molar-refractivity contribution in [1.82, 2.24) is 10.3 Å². The van der Waals surface area contributed by atoms with Crippen molar-refractivity contribution in [2.45, 2.75) is 0 Å². The first-order chi connectivity index (χ1) is 6.89. The van der Waals surface area contributed by atoms with Gasteiger partial charge in [-0.1, -0.05) is 18.2 Å². The van der Waals surface area contributed by atoms with Crippen molar-refractivity contribution in [2.75, 3.05) is 0 Å². The molecule has 0 fully saturated rings. The molecule has 0 spiro atoms. The molecule has 3 nitrogen and oxygen atoms in total. The Labute approximate surface area is 82.5 Å². The molecule has 1 aromatic heterocycles. The van der Waals surface area contributed by atoms with E-state index in [1.54, 1.807) is 18.3 Å². The Morgan fingerprint density at radius 1 is 0.929 bits per heavy atom.